The highest BCUT2D eigenvalue weighted by Gasteiger charge is 2.28. The molecule has 1 N–H and O–H groups in total. The van der Waals surface area contributed by atoms with Gasteiger partial charge in [0.15, 0.2) is 5.58 Å². The Balaban J connectivity index is 1.41. The number of carbonyl (C=O) groups excluding carboxylic acids is 1. The highest BCUT2D eigenvalue weighted by Crippen LogP contribution is 2.24. The number of hydrogen-bond donors (Lipinski definition) is 1. The van der Waals surface area contributed by atoms with Gasteiger partial charge in [0.1, 0.15) is 0 Å². The van der Waals surface area contributed by atoms with Crippen molar-refractivity contribution in [1.82, 2.24) is 14.2 Å². The van der Waals surface area contributed by atoms with Gasteiger partial charge in [0.2, 0.25) is 15.9 Å². The number of carbonyl (C=O) groups is 1. The van der Waals surface area contributed by atoms with Crippen molar-refractivity contribution in [3.8, 4) is 0 Å². The number of amides is 1. The van der Waals surface area contributed by atoms with E-state index in [0.29, 0.717) is 24.5 Å². The van der Waals surface area contributed by atoms with E-state index in [0.717, 1.165) is 24.8 Å². The number of sulfonamides is 1. The summed E-state index contributed by atoms with van der Waals surface area (Å²) < 4.78 is 33.8. The third-order valence-corrected chi connectivity index (χ3v) is 8.30. The van der Waals surface area contributed by atoms with E-state index in [1.807, 2.05) is 19.1 Å². The Labute approximate surface area is 206 Å². The molecule has 2 heterocycles. The zero-order chi connectivity index (χ0) is 25.2. The maximum atomic E-state index is 12.8. The first-order valence-electron chi connectivity index (χ1n) is 12.2. The van der Waals surface area contributed by atoms with Crippen LogP contribution in [-0.2, 0) is 27.8 Å². The highest BCUT2D eigenvalue weighted by molar-refractivity contribution is 7.89. The Morgan fingerprint density at radius 3 is 2.40 bits per heavy atom. The number of oxazole rings is 1. The van der Waals surface area contributed by atoms with E-state index in [2.05, 4.69) is 31.3 Å². The van der Waals surface area contributed by atoms with Crippen LogP contribution in [0.1, 0.15) is 57.2 Å². The number of nitrogens with one attached hydrogen (secondary N) is 1. The lowest BCUT2D eigenvalue weighted by Gasteiger charge is -2.16. The van der Waals surface area contributed by atoms with Gasteiger partial charge >= 0.3 is 5.76 Å². The molecule has 2 aromatic carbocycles. The number of aromatic nitrogens is 1. The van der Waals surface area contributed by atoms with Crippen LogP contribution in [0.4, 0.5) is 0 Å². The van der Waals surface area contributed by atoms with Gasteiger partial charge in [-0.1, -0.05) is 38.1 Å². The van der Waals surface area contributed by atoms with E-state index in [1.54, 1.807) is 6.07 Å². The van der Waals surface area contributed by atoms with Crippen LogP contribution in [-0.4, -0.2) is 36.3 Å². The van der Waals surface area contributed by atoms with E-state index in [1.165, 1.54) is 26.6 Å². The van der Waals surface area contributed by atoms with Crippen molar-refractivity contribution in [3.63, 3.8) is 0 Å². The van der Waals surface area contributed by atoms with Crippen LogP contribution in [0.15, 0.2) is 56.6 Å². The predicted octanol–water partition coefficient (Wildman–Crippen LogP) is 3.85. The van der Waals surface area contributed by atoms with E-state index >= 15 is 0 Å². The molecule has 0 aliphatic carbocycles. The normalized spacial score (nSPS) is 15.7. The predicted molar refractivity (Wildman–Crippen MR) is 135 cm³/mol. The Morgan fingerprint density at radius 2 is 1.74 bits per heavy atom. The molecule has 0 radical (unpaired) electrons. The van der Waals surface area contributed by atoms with Crippen LogP contribution in [0.2, 0.25) is 0 Å². The molecule has 4 rings (SSSR count). The molecule has 8 nitrogen and oxygen atoms in total. The largest absolute Gasteiger partial charge is 0.419 e. The molecule has 35 heavy (non-hydrogen) atoms. The number of aryl methyl sites for hydroxylation is 1. The van der Waals surface area contributed by atoms with Gasteiger partial charge in [-0.25, -0.2) is 13.2 Å². The number of benzene rings is 2. The molecule has 1 unspecified atom stereocenters. The van der Waals surface area contributed by atoms with Crippen molar-refractivity contribution >= 4 is 27.0 Å². The maximum absolute atomic E-state index is 12.8. The van der Waals surface area contributed by atoms with Crippen LogP contribution in [0.25, 0.3) is 11.1 Å². The van der Waals surface area contributed by atoms with Gasteiger partial charge in [0.05, 0.1) is 16.5 Å². The number of fused-ring (bicyclic) bond motifs is 1. The summed E-state index contributed by atoms with van der Waals surface area (Å²) in [5.41, 5.74) is 2.95. The summed E-state index contributed by atoms with van der Waals surface area (Å²) in [7, 11) is -3.61. The lowest BCUT2D eigenvalue weighted by atomic mass is 10.00. The summed E-state index contributed by atoms with van der Waals surface area (Å²) in [5, 5.41) is 2.98. The Kier molecular flexibility index (Phi) is 7.47. The van der Waals surface area contributed by atoms with Crippen molar-refractivity contribution in [2.75, 3.05) is 13.1 Å². The molecular weight excluding hydrogens is 466 g/mol. The quantitative estimate of drug-likeness (QED) is 0.482. The van der Waals surface area contributed by atoms with Gasteiger partial charge in [-0.05, 0) is 55.4 Å². The summed E-state index contributed by atoms with van der Waals surface area (Å²) in [6.07, 6.45) is 2.80. The molecule has 1 saturated heterocycles. The summed E-state index contributed by atoms with van der Waals surface area (Å²) in [6.45, 7) is 7.43. The fourth-order valence-corrected chi connectivity index (χ4v) is 6.05. The van der Waals surface area contributed by atoms with E-state index in [-0.39, 0.29) is 35.4 Å². The minimum absolute atomic E-state index is 0.0954. The molecule has 0 saturated carbocycles. The minimum Gasteiger partial charge on any atom is -0.408 e. The second-order valence-corrected chi connectivity index (χ2v) is 11.6. The van der Waals surface area contributed by atoms with Crippen molar-refractivity contribution in [2.45, 2.75) is 63.9 Å². The molecule has 0 spiro atoms. The number of rotatable bonds is 9. The standard InChI is InChI=1S/C26H33N3O5S/c1-18(2)16-20-6-8-21(9-7-20)19(3)27-25(30)12-15-29-23-11-10-22(17-24(23)34-26(29)31)35(32,33)28-13-4-5-14-28/h6-11,17-19H,4-5,12-16H2,1-3H3,(H,27,30). The molecule has 1 aromatic heterocycles. The first kappa shape index (κ1) is 25.2. The van der Waals surface area contributed by atoms with E-state index < -0.39 is 15.8 Å². The summed E-state index contributed by atoms with van der Waals surface area (Å²) in [5.74, 6) is -0.211. The third-order valence-electron chi connectivity index (χ3n) is 6.41. The second kappa shape index (κ2) is 10.4. The number of hydrogen-bond acceptors (Lipinski definition) is 5. The van der Waals surface area contributed by atoms with Crippen LogP contribution in [0.5, 0.6) is 0 Å². The molecule has 9 heteroatoms. The van der Waals surface area contributed by atoms with Crippen LogP contribution in [0, 0.1) is 5.92 Å². The monoisotopic (exact) mass is 499 g/mol. The molecule has 1 aliphatic rings. The van der Waals surface area contributed by atoms with Crippen molar-refractivity contribution in [3.05, 3.63) is 64.1 Å². The average molecular weight is 500 g/mol. The Morgan fingerprint density at radius 1 is 1.06 bits per heavy atom. The van der Waals surface area contributed by atoms with Gasteiger partial charge in [-0.15, -0.1) is 0 Å². The maximum Gasteiger partial charge on any atom is 0.419 e. The average Bonchev–Trinajstić information content (AvgIpc) is 3.45. The molecule has 0 bridgehead atoms. The topological polar surface area (TPSA) is 102 Å². The highest BCUT2D eigenvalue weighted by atomic mass is 32.2. The van der Waals surface area contributed by atoms with Crippen molar-refractivity contribution < 1.29 is 17.6 Å². The smallest absolute Gasteiger partial charge is 0.408 e. The van der Waals surface area contributed by atoms with E-state index in [9.17, 15) is 18.0 Å². The molecule has 3 aromatic rings. The van der Waals surface area contributed by atoms with Gasteiger partial charge in [0, 0.05) is 32.1 Å². The molecule has 188 valence electrons. The first-order chi connectivity index (χ1) is 16.6. The fourth-order valence-electron chi connectivity index (χ4n) is 4.52. The molecule has 1 aliphatic heterocycles. The van der Waals surface area contributed by atoms with Gasteiger partial charge in [-0.3, -0.25) is 9.36 Å². The minimum atomic E-state index is -3.61. The van der Waals surface area contributed by atoms with Crippen LogP contribution >= 0.6 is 0 Å². The third kappa shape index (κ3) is 5.67. The van der Waals surface area contributed by atoms with Gasteiger partial charge in [0.25, 0.3) is 0 Å². The van der Waals surface area contributed by atoms with E-state index in [4.69, 9.17) is 4.42 Å². The Hall–Kier alpha value is -2.91. The molecular formula is C26H33N3O5S. The lowest BCUT2D eigenvalue weighted by molar-refractivity contribution is -0.121. The summed E-state index contributed by atoms with van der Waals surface area (Å²) >= 11 is 0. The number of nitrogens with zero attached hydrogens (tertiary/aromatic N) is 2. The van der Waals surface area contributed by atoms with Crippen molar-refractivity contribution in [2.24, 2.45) is 5.92 Å². The lowest BCUT2D eigenvalue weighted by Crippen LogP contribution is -2.28. The molecule has 1 fully saturated rings. The van der Waals surface area contributed by atoms with Crippen LogP contribution in [0.3, 0.4) is 0 Å². The van der Waals surface area contributed by atoms with Crippen LogP contribution < -0.4 is 11.1 Å². The summed E-state index contributed by atoms with van der Waals surface area (Å²) in [4.78, 5) is 25.1. The van der Waals surface area contributed by atoms with Gasteiger partial charge < -0.3 is 9.73 Å². The van der Waals surface area contributed by atoms with Crippen molar-refractivity contribution in [1.29, 1.82) is 0 Å². The SMILES string of the molecule is CC(C)Cc1ccc(C(C)NC(=O)CCn2c(=O)oc3cc(S(=O)(=O)N4CCCC4)ccc32)cc1. The Bertz CT molecular complexity index is 1350. The second-order valence-electron chi connectivity index (χ2n) is 9.64. The zero-order valence-corrected chi connectivity index (χ0v) is 21.3. The van der Waals surface area contributed by atoms with Gasteiger partial charge in [-0.2, -0.15) is 4.31 Å². The first-order valence-corrected chi connectivity index (χ1v) is 13.6. The zero-order valence-electron chi connectivity index (χ0n) is 20.5. The summed E-state index contributed by atoms with van der Waals surface area (Å²) in [6, 6.07) is 12.5. The molecule has 1 amide bonds. The fraction of sp³-hybridized carbons (Fsp3) is 0.462. The molecule has 1 atom stereocenters.